The number of anilines is 1. The van der Waals surface area contributed by atoms with Gasteiger partial charge in [-0.2, -0.15) is 0 Å². The van der Waals surface area contributed by atoms with Crippen molar-refractivity contribution < 1.29 is 4.74 Å². The first-order valence-electron chi connectivity index (χ1n) is 7.85. The highest BCUT2D eigenvalue weighted by Crippen LogP contribution is 2.48. The van der Waals surface area contributed by atoms with E-state index in [2.05, 4.69) is 34.9 Å². The van der Waals surface area contributed by atoms with Crippen LogP contribution in [0.4, 0.5) is 5.69 Å². The molecule has 2 aliphatic rings. The van der Waals surface area contributed by atoms with Crippen LogP contribution < -0.4 is 10.6 Å². The van der Waals surface area contributed by atoms with Gasteiger partial charge in [-0.1, -0.05) is 18.2 Å². The molecule has 110 valence electrons. The van der Waals surface area contributed by atoms with Gasteiger partial charge in [0.25, 0.3) is 0 Å². The van der Waals surface area contributed by atoms with E-state index in [1.54, 1.807) is 7.11 Å². The van der Waals surface area contributed by atoms with Gasteiger partial charge in [0.2, 0.25) is 0 Å². The van der Waals surface area contributed by atoms with Gasteiger partial charge < -0.3 is 15.4 Å². The van der Waals surface area contributed by atoms with Gasteiger partial charge in [0.05, 0.1) is 0 Å². The Labute approximate surface area is 122 Å². The molecular formula is C17H26N2O. The predicted molar refractivity (Wildman–Crippen MR) is 83.3 cm³/mol. The van der Waals surface area contributed by atoms with Gasteiger partial charge in [0, 0.05) is 38.4 Å². The van der Waals surface area contributed by atoms with Crippen molar-refractivity contribution in [1.82, 2.24) is 5.32 Å². The minimum absolute atomic E-state index is 0.557. The molecular weight excluding hydrogens is 248 g/mol. The van der Waals surface area contributed by atoms with Crippen LogP contribution in [0.5, 0.6) is 0 Å². The molecule has 2 N–H and O–H groups in total. The molecule has 1 fully saturated rings. The maximum absolute atomic E-state index is 5.21. The molecule has 1 aromatic carbocycles. The summed E-state index contributed by atoms with van der Waals surface area (Å²) in [7, 11) is 1.80. The lowest BCUT2D eigenvalue weighted by atomic mass is 9.97. The van der Waals surface area contributed by atoms with Crippen molar-refractivity contribution in [2.45, 2.75) is 31.6 Å². The van der Waals surface area contributed by atoms with Gasteiger partial charge in [-0.05, 0) is 49.3 Å². The molecule has 0 spiro atoms. The van der Waals surface area contributed by atoms with Crippen molar-refractivity contribution in [2.24, 2.45) is 5.41 Å². The number of benzene rings is 1. The lowest BCUT2D eigenvalue weighted by Crippen LogP contribution is -2.27. The van der Waals surface area contributed by atoms with E-state index >= 15 is 0 Å². The molecule has 0 saturated heterocycles. The maximum atomic E-state index is 5.21. The number of nitrogens with one attached hydrogen (secondary N) is 2. The van der Waals surface area contributed by atoms with Crippen molar-refractivity contribution in [2.75, 3.05) is 38.7 Å². The molecule has 0 radical (unpaired) electrons. The van der Waals surface area contributed by atoms with Crippen molar-refractivity contribution in [3.8, 4) is 0 Å². The Bertz CT molecular complexity index is 442. The van der Waals surface area contributed by atoms with E-state index in [4.69, 9.17) is 4.74 Å². The van der Waals surface area contributed by atoms with Crippen LogP contribution in [-0.2, 0) is 4.74 Å². The summed E-state index contributed by atoms with van der Waals surface area (Å²) in [5, 5.41) is 7.17. The summed E-state index contributed by atoms with van der Waals surface area (Å²) in [5.74, 6) is 0.674. The van der Waals surface area contributed by atoms with Crippen LogP contribution in [0.25, 0.3) is 0 Å². The lowest BCUT2D eigenvalue weighted by molar-refractivity contribution is 0.171. The van der Waals surface area contributed by atoms with E-state index in [0.717, 1.165) is 26.2 Å². The fourth-order valence-electron chi connectivity index (χ4n) is 3.26. The largest absolute Gasteiger partial charge is 0.385 e. The van der Waals surface area contributed by atoms with Gasteiger partial charge in [0.1, 0.15) is 0 Å². The molecule has 1 unspecified atom stereocenters. The van der Waals surface area contributed by atoms with Gasteiger partial charge in [0.15, 0.2) is 0 Å². The first-order chi connectivity index (χ1) is 9.83. The number of rotatable bonds is 8. The molecule has 0 aromatic heterocycles. The van der Waals surface area contributed by atoms with Crippen LogP contribution in [0, 0.1) is 5.41 Å². The number of ether oxygens (including phenoxy) is 1. The Balaban J connectivity index is 1.39. The summed E-state index contributed by atoms with van der Waals surface area (Å²) in [4.78, 5) is 0. The van der Waals surface area contributed by atoms with E-state index in [1.807, 2.05) is 0 Å². The molecule has 1 atom stereocenters. The highest BCUT2D eigenvalue weighted by molar-refractivity contribution is 5.57. The van der Waals surface area contributed by atoms with E-state index in [9.17, 15) is 0 Å². The van der Waals surface area contributed by atoms with Crippen LogP contribution in [0.3, 0.4) is 0 Å². The van der Waals surface area contributed by atoms with Gasteiger partial charge in [-0.25, -0.2) is 0 Å². The van der Waals surface area contributed by atoms with Crippen LogP contribution >= 0.6 is 0 Å². The summed E-state index contributed by atoms with van der Waals surface area (Å²) >= 11 is 0. The quantitative estimate of drug-likeness (QED) is 0.715. The fourth-order valence-corrected chi connectivity index (χ4v) is 3.26. The number of fused-ring (bicyclic) bond motifs is 1. The number of hydrogen-bond donors (Lipinski definition) is 2. The average Bonchev–Trinajstić information content (AvgIpc) is 3.14. The van der Waals surface area contributed by atoms with Crippen LogP contribution in [-0.4, -0.2) is 33.4 Å². The number of hydrogen-bond acceptors (Lipinski definition) is 3. The zero-order valence-electron chi connectivity index (χ0n) is 12.5. The highest BCUT2D eigenvalue weighted by Gasteiger charge is 2.41. The Morgan fingerprint density at radius 1 is 1.35 bits per heavy atom. The molecule has 3 heteroatoms. The molecule has 1 heterocycles. The molecule has 20 heavy (non-hydrogen) atoms. The Morgan fingerprint density at radius 3 is 3.00 bits per heavy atom. The molecule has 1 aliphatic carbocycles. The second kappa shape index (κ2) is 6.15. The van der Waals surface area contributed by atoms with Crippen LogP contribution in [0.15, 0.2) is 24.3 Å². The van der Waals surface area contributed by atoms with Gasteiger partial charge in [-0.3, -0.25) is 0 Å². The first kappa shape index (κ1) is 13.9. The highest BCUT2D eigenvalue weighted by atomic mass is 16.5. The Kier molecular flexibility index (Phi) is 4.27. The second-order valence-electron chi connectivity index (χ2n) is 6.37. The summed E-state index contributed by atoms with van der Waals surface area (Å²) in [6, 6.07) is 8.71. The lowest BCUT2D eigenvalue weighted by Gasteiger charge is -2.17. The smallest absolute Gasteiger partial charge is 0.0468 e. The van der Waals surface area contributed by atoms with Crippen LogP contribution in [0.2, 0.25) is 0 Å². The van der Waals surface area contributed by atoms with E-state index in [-0.39, 0.29) is 0 Å². The Hall–Kier alpha value is -1.06. The van der Waals surface area contributed by atoms with E-state index in [1.165, 1.54) is 36.9 Å². The summed E-state index contributed by atoms with van der Waals surface area (Å²) in [6.45, 7) is 4.28. The summed E-state index contributed by atoms with van der Waals surface area (Å²) in [6.07, 6.45) is 5.18. The third-order valence-electron chi connectivity index (χ3n) is 4.90. The second-order valence-corrected chi connectivity index (χ2v) is 6.37. The zero-order valence-corrected chi connectivity index (χ0v) is 12.5. The standard InChI is InChI=1S/C17H26N2O/c1-20-11-9-17(7-8-17)13-18-10-6-14-12-19-16-5-3-2-4-15(14)16/h2-5,14,18-19H,6-13H2,1H3. The SMILES string of the molecule is COCCC1(CNCCC2CNc3ccccc32)CC1. The number of para-hydroxylation sites is 1. The van der Waals surface area contributed by atoms with E-state index < -0.39 is 0 Å². The minimum Gasteiger partial charge on any atom is -0.385 e. The molecule has 3 rings (SSSR count). The molecule has 3 nitrogen and oxygen atoms in total. The summed E-state index contributed by atoms with van der Waals surface area (Å²) in [5.41, 5.74) is 3.38. The molecule has 0 amide bonds. The third kappa shape index (κ3) is 3.15. The van der Waals surface area contributed by atoms with Crippen LogP contribution in [0.1, 0.15) is 37.2 Å². The van der Waals surface area contributed by atoms with Gasteiger partial charge >= 0.3 is 0 Å². The average molecular weight is 274 g/mol. The molecule has 1 aliphatic heterocycles. The minimum atomic E-state index is 0.557. The Morgan fingerprint density at radius 2 is 2.20 bits per heavy atom. The van der Waals surface area contributed by atoms with Crippen molar-refractivity contribution in [3.63, 3.8) is 0 Å². The predicted octanol–water partition coefficient (Wildman–Crippen LogP) is 2.99. The maximum Gasteiger partial charge on any atom is 0.0468 e. The topological polar surface area (TPSA) is 33.3 Å². The van der Waals surface area contributed by atoms with E-state index in [0.29, 0.717) is 11.3 Å². The fraction of sp³-hybridized carbons (Fsp3) is 0.647. The summed E-state index contributed by atoms with van der Waals surface area (Å²) < 4.78 is 5.21. The zero-order chi connectivity index (χ0) is 13.8. The normalized spacial score (nSPS) is 22.4. The van der Waals surface area contributed by atoms with Crippen molar-refractivity contribution in [1.29, 1.82) is 0 Å². The first-order valence-corrected chi connectivity index (χ1v) is 7.85. The van der Waals surface area contributed by atoms with Gasteiger partial charge in [-0.15, -0.1) is 0 Å². The van der Waals surface area contributed by atoms with Crippen molar-refractivity contribution in [3.05, 3.63) is 29.8 Å². The third-order valence-corrected chi connectivity index (χ3v) is 4.90. The van der Waals surface area contributed by atoms with Crippen molar-refractivity contribution >= 4 is 5.69 Å². The number of methoxy groups -OCH3 is 1. The molecule has 0 bridgehead atoms. The molecule has 1 saturated carbocycles. The monoisotopic (exact) mass is 274 g/mol. The molecule has 1 aromatic rings.